The molecule has 9 nitrogen and oxygen atoms in total. The van der Waals surface area contributed by atoms with Gasteiger partial charge in [-0.25, -0.2) is 0 Å². The van der Waals surface area contributed by atoms with Gasteiger partial charge in [-0.1, -0.05) is 0 Å². The van der Waals surface area contributed by atoms with Crippen LogP contribution in [-0.2, 0) is 9.59 Å². The van der Waals surface area contributed by atoms with Crippen LogP contribution in [0.4, 0.5) is 0 Å². The lowest BCUT2D eigenvalue weighted by Crippen LogP contribution is -2.51. The van der Waals surface area contributed by atoms with E-state index in [1.807, 2.05) is 0 Å². The van der Waals surface area contributed by atoms with E-state index in [4.69, 9.17) is 0 Å². The highest BCUT2D eigenvalue weighted by molar-refractivity contribution is 5.95. The average molecular weight is 376 g/mol. The summed E-state index contributed by atoms with van der Waals surface area (Å²) in [7, 11) is 0. The molecule has 1 aliphatic carbocycles. The topological polar surface area (TPSA) is 132 Å². The summed E-state index contributed by atoms with van der Waals surface area (Å²) >= 11 is 0. The second-order valence-electron chi connectivity index (χ2n) is 7.26. The highest BCUT2D eigenvalue weighted by Gasteiger charge is 2.40. The van der Waals surface area contributed by atoms with E-state index in [2.05, 4.69) is 15.6 Å². The quantitative estimate of drug-likeness (QED) is 0.527. The van der Waals surface area contributed by atoms with Crippen LogP contribution in [0, 0.1) is 19.8 Å². The number of H-pyrrole nitrogens is 1. The fourth-order valence-electron chi connectivity index (χ4n) is 3.83. The number of hydrogen-bond acceptors (Lipinski definition) is 5. The Labute approximate surface area is 156 Å². The van der Waals surface area contributed by atoms with Crippen molar-refractivity contribution in [2.45, 2.75) is 38.8 Å². The number of aryl methyl sites for hydroxylation is 2. The molecule has 2 fully saturated rings. The molecule has 3 rings (SSSR count). The van der Waals surface area contributed by atoms with Crippen LogP contribution in [0.1, 0.15) is 34.5 Å². The van der Waals surface area contributed by atoms with Crippen molar-refractivity contribution >= 4 is 17.7 Å². The normalized spacial score (nSPS) is 25.2. The van der Waals surface area contributed by atoms with Crippen molar-refractivity contribution in [2.24, 2.45) is 5.92 Å². The van der Waals surface area contributed by atoms with Crippen LogP contribution in [0.2, 0.25) is 0 Å². The SMILES string of the molecule is Cc1cc(C)c(C(=O)N[C@@H]2C[C@H](C(=O)N3CCNC(=O)C3)C[C@H]2O)c(=O)[nH]1. The second-order valence-corrected chi connectivity index (χ2v) is 7.26. The number of hydrogen-bond donors (Lipinski definition) is 4. The molecule has 146 valence electrons. The van der Waals surface area contributed by atoms with Gasteiger partial charge < -0.3 is 25.6 Å². The lowest BCUT2D eigenvalue weighted by Gasteiger charge is -2.29. The number of carbonyl (C=O) groups is 3. The number of carbonyl (C=O) groups excluding carboxylic acids is 3. The van der Waals surface area contributed by atoms with E-state index in [1.165, 1.54) is 4.90 Å². The molecule has 27 heavy (non-hydrogen) atoms. The van der Waals surface area contributed by atoms with E-state index < -0.39 is 29.5 Å². The number of pyridine rings is 1. The molecule has 1 aliphatic heterocycles. The summed E-state index contributed by atoms with van der Waals surface area (Å²) in [5, 5.41) is 15.6. The van der Waals surface area contributed by atoms with E-state index in [1.54, 1.807) is 19.9 Å². The van der Waals surface area contributed by atoms with Crippen molar-refractivity contribution in [1.82, 2.24) is 20.5 Å². The number of aliphatic hydroxyl groups is 1. The predicted molar refractivity (Wildman–Crippen MR) is 96.1 cm³/mol. The fraction of sp³-hybridized carbons (Fsp3) is 0.556. The highest BCUT2D eigenvalue weighted by atomic mass is 16.3. The minimum Gasteiger partial charge on any atom is -0.391 e. The second kappa shape index (κ2) is 7.51. The first-order valence-corrected chi connectivity index (χ1v) is 9.01. The van der Waals surface area contributed by atoms with Crippen molar-refractivity contribution in [1.29, 1.82) is 0 Å². The minimum atomic E-state index is -0.883. The van der Waals surface area contributed by atoms with Gasteiger partial charge in [0.25, 0.3) is 11.5 Å². The van der Waals surface area contributed by atoms with Crippen LogP contribution >= 0.6 is 0 Å². The molecule has 0 spiro atoms. The molecule has 1 aromatic heterocycles. The largest absolute Gasteiger partial charge is 0.391 e. The Morgan fingerprint density at radius 1 is 1.26 bits per heavy atom. The Balaban J connectivity index is 1.67. The Hall–Kier alpha value is -2.68. The maximum absolute atomic E-state index is 12.6. The zero-order valence-corrected chi connectivity index (χ0v) is 15.4. The molecular formula is C18H24N4O5. The summed E-state index contributed by atoms with van der Waals surface area (Å²) in [5.74, 6) is -1.42. The van der Waals surface area contributed by atoms with Gasteiger partial charge in [0.05, 0.1) is 18.7 Å². The summed E-state index contributed by atoms with van der Waals surface area (Å²) in [4.78, 5) is 52.8. The zero-order valence-electron chi connectivity index (χ0n) is 15.4. The monoisotopic (exact) mass is 376 g/mol. The van der Waals surface area contributed by atoms with Gasteiger partial charge in [0.15, 0.2) is 0 Å². The molecule has 1 saturated heterocycles. The third-order valence-corrected chi connectivity index (χ3v) is 5.14. The molecule has 1 saturated carbocycles. The first-order chi connectivity index (χ1) is 12.8. The summed E-state index contributed by atoms with van der Waals surface area (Å²) < 4.78 is 0. The summed E-state index contributed by atoms with van der Waals surface area (Å²) in [6.45, 7) is 4.27. The van der Waals surface area contributed by atoms with E-state index in [-0.39, 0.29) is 36.8 Å². The summed E-state index contributed by atoms with van der Waals surface area (Å²) in [5.41, 5.74) is 0.735. The minimum absolute atomic E-state index is 0.00952. The molecule has 9 heteroatoms. The number of aliphatic hydroxyl groups excluding tert-OH is 1. The van der Waals surface area contributed by atoms with Crippen LogP contribution < -0.4 is 16.2 Å². The Bertz CT molecular complexity index is 834. The van der Waals surface area contributed by atoms with Crippen LogP contribution in [0.25, 0.3) is 0 Å². The molecule has 1 aromatic rings. The first kappa shape index (κ1) is 19.1. The zero-order chi connectivity index (χ0) is 19.7. The molecule has 0 unspecified atom stereocenters. The van der Waals surface area contributed by atoms with E-state index in [9.17, 15) is 24.3 Å². The standard InChI is InChI=1S/C18H24N4O5/c1-9-5-10(2)20-16(25)15(9)17(26)21-12-6-11(7-13(12)23)18(27)22-4-3-19-14(24)8-22/h5,11-13,23H,3-4,6-8H2,1-2H3,(H,19,24)(H,20,25)(H,21,26)/t11-,12+,13+/m0/s1. The average Bonchev–Trinajstić information content (AvgIpc) is 2.94. The van der Waals surface area contributed by atoms with Crippen molar-refractivity contribution in [3.05, 3.63) is 33.2 Å². The Morgan fingerprint density at radius 2 is 2.00 bits per heavy atom. The predicted octanol–water partition coefficient (Wildman–Crippen LogP) is -1.18. The van der Waals surface area contributed by atoms with Crippen LogP contribution in [0.15, 0.2) is 10.9 Å². The lowest BCUT2D eigenvalue weighted by molar-refractivity contribution is -0.141. The van der Waals surface area contributed by atoms with Gasteiger partial charge in [-0.05, 0) is 38.3 Å². The molecule has 2 aliphatic rings. The smallest absolute Gasteiger partial charge is 0.261 e. The van der Waals surface area contributed by atoms with Gasteiger partial charge in [0, 0.05) is 24.7 Å². The number of nitrogens with zero attached hydrogens (tertiary/aromatic N) is 1. The van der Waals surface area contributed by atoms with Gasteiger partial charge in [0.2, 0.25) is 11.8 Å². The summed E-state index contributed by atoms with van der Waals surface area (Å²) in [6.07, 6.45) is -0.399. The van der Waals surface area contributed by atoms with E-state index >= 15 is 0 Å². The number of amides is 3. The van der Waals surface area contributed by atoms with E-state index in [0.717, 1.165) is 0 Å². The maximum atomic E-state index is 12.6. The molecule has 3 atom stereocenters. The molecular weight excluding hydrogens is 352 g/mol. The Morgan fingerprint density at radius 3 is 2.67 bits per heavy atom. The third-order valence-electron chi connectivity index (χ3n) is 5.14. The van der Waals surface area contributed by atoms with Crippen molar-refractivity contribution in [3.63, 3.8) is 0 Å². The molecule has 2 heterocycles. The van der Waals surface area contributed by atoms with Gasteiger partial charge >= 0.3 is 0 Å². The van der Waals surface area contributed by atoms with Crippen LogP contribution in [0.5, 0.6) is 0 Å². The molecule has 0 radical (unpaired) electrons. The fourth-order valence-corrected chi connectivity index (χ4v) is 3.83. The number of rotatable bonds is 3. The van der Waals surface area contributed by atoms with Crippen molar-refractivity contribution < 1.29 is 19.5 Å². The third kappa shape index (κ3) is 4.02. The number of piperazine rings is 1. The molecule has 0 bridgehead atoms. The first-order valence-electron chi connectivity index (χ1n) is 9.01. The number of aromatic amines is 1. The van der Waals surface area contributed by atoms with E-state index in [0.29, 0.717) is 24.3 Å². The van der Waals surface area contributed by atoms with Crippen LogP contribution in [-0.4, -0.2) is 64.5 Å². The van der Waals surface area contributed by atoms with Gasteiger partial charge in [-0.3, -0.25) is 19.2 Å². The van der Waals surface area contributed by atoms with Gasteiger partial charge in [-0.15, -0.1) is 0 Å². The molecule has 4 N–H and O–H groups in total. The Kier molecular flexibility index (Phi) is 5.31. The van der Waals surface area contributed by atoms with Crippen molar-refractivity contribution in [2.75, 3.05) is 19.6 Å². The molecule has 3 amide bonds. The van der Waals surface area contributed by atoms with Crippen molar-refractivity contribution in [3.8, 4) is 0 Å². The van der Waals surface area contributed by atoms with Gasteiger partial charge in [-0.2, -0.15) is 0 Å². The molecule has 0 aromatic carbocycles. The summed E-state index contributed by atoms with van der Waals surface area (Å²) in [6, 6.07) is 1.08. The number of aromatic nitrogens is 1. The van der Waals surface area contributed by atoms with Gasteiger partial charge in [0.1, 0.15) is 5.56 Å². The van der Waals surface area contributed by atoms with Crippen LogP contribution in [0.3, 0.4) is 0 Å². The highest BCUT2D eigenvalue weighted by Crippen LogP contribution is 2.28. The maximum Gasteiger partial charge on any atom is 0.261 e. The lowest BCUT2D eigenvalue weighted by atomic mass is 10.1. The number of nitrogens with one attached hydrogen (secondary N) is 3.